The van der Waals surface area contributed by atoms with Gasteiger partial charge in [-0.2, -0.15) is 0 Å². The summed E-state index contributed by atoms with van der Waals surface area (Å²) in [6.07, 6.45) is 0. The predicted molar refractivity (Wildman–Crippen MR) is 96.1 cm³/mol. The van der Waals surface area contributed by atoms with Crippen LogP contribution in [0.5, 0.6) is 0 Å². The van der Waals surface area contributed by atoms with Gasteiger partial charge < -0.3 is 0 Å². The molecule has 3 rings (SSSR count). The molecule has 2 atom stereocenters. The Morgan fingerprint density at radius 2 is 1.05 bits per heavy atom. The second kappa shape index (κ2) is 4.31. The molecular weight excluding hydrogens is 272 g/mol. The van der Waals surface area contributed by atoms with Crippen molar-refractivity contribution in [3.05, 3.63) is 47.5 Å². The third-order valence-corrected chi connectivity index (χ3v) is 10.2. The van der Waals surface area contributed by atoms with Crippen LogP contribution in [-0.2, 0) is 0 Å². The van der Waals surface area contributed by atoms with Gasteiger partial charge in [0.2, 0.25) is 0 Å². The fourth-order valence-corrected chi connectivity index (χ4v) is 11.9. The molecule has 0 amide bonds. The zero-order chi connectivity index (χ0) is 14.7. The van der Waals surface area contributed by atoms with Crippen molar-refractivity contribution in [3.8, 4) is 0 Å². The largest absolute Gasteiger partial charge is 0.0691 e. The molecule has 1 aliphatic carbocycles. The van der Waals surface area contributed by atoms with E-state index in [1.807, 2.05) is 0 Å². The minimum absolute atomic E-state index is 0.801. The molecule has 0 spiro atoms. The van der Waals surface area contributed by atoms with E-state index in [1.165, 1.54) is 5.39 Å². The van der Waals surface area contributed by atoms with Gasteiger partial charge in [-0.05, 0) is 33.0 Å². The first-order valence-electron chi connectivity index (χ1n) is 7.73. The lowest BCUT2D eigenvalue weighted by atomic mass is 10.1. The molecule has 0 N–H and O–H groups in total. The maximum atomic E-state index is 2.55. The van der Waals surface area contributed by atoms with Crippen molar-refractivity contribution in [3.63, 3.8) is 0 Å². The van der Waals surface area contributed by atoms with Crippen LogP contribution < -0.4 is 0 Å². The molecule has 0 bridgehead atoms. The zero-order valence-corrected chi connectivity index (χ0v) is 15.6. The van der Waals surface area contributed by atoms with E-state index in [0.29, 0.717) is 0 Å². The van der Waals surface area contributed by atoms with Gasteiger partial charge in [-0.15, -0.1) is 0 Å². The molecule has 2 aromatic carbocycles. The lowest BCUT2D eigenvalue weighted by molar-refractivity contribution is 0.853. The first-order chi connectivity index (χ1) is 9.21. The summed E-state index contributed by atoms with van der Waals surface area (Å²) in [4.78, 5) is 0. The number of benzene rings is 2. The maximum Gasteiger partial charge on any atom is 0.0525 e. The summed E-state index contributed by atoms with van der Waals surface area (Å²) < 4.78 is 0. The SMILES string of the molecule is C[Si](C)(C)[C@@H]1c2cccc3cccc(c23)[C@H]1[Si](C)(C)C. The van der Waals surface area contributed by atoms with E-state index < -0.39 is 16.1 Å². The molecule has 0 fully saturated rings. The molecule has 0 radical (unpaired) electrons. The third-order valence-electron chi connectivity index (χ3n) is 4.84. The molecule has 106 valence electrons. The Hall–Kier alpha value is -0.866. The highest BCUT2D eigenvalue weighted by Crippen LogP contribution is 2.54. The van der Waals surface area contributed by atoms with Crippen LogP contribution in [0, 0.1) is 0 Å². The second-order valence-electron chi connectivity index (χ2n) is 8.48. The standard InChI is InChI=1S/C18H26Si2/c1-19(2,3)17-14-11-7-9-13-10-8-12-15(16(13)14)18(17)20(4,5)6/h7-12,17-18H,1-6H3/t17-,18-/m1/s1. The molecule has 0 saturated carbocycles. The number of hydrogen-bond donors (Lipinski definition) is 0. The van der Waals surface area contributed by atoms with Gasteiger partial charge in [0.25, 0.3) is 0 Å². The van der Waals surface area contributed by atoms with Crippen molar-refractivity contribution in [1.29, 1.82) is 0 Å². The van der Waals surface area contributed by atoms with E-state index in [2.05, 4.69) is 75.7 Å². The van der Waals surface area contributed by atoms with Gasteiger partial charge in [0, 0.05) is 0 Å². The topological polar surface area (TPSA) is 0 Å². The highest BCUT2D eigenvalue weighted by molar-refractivity contribution is 6.84. The van der Waals surface area contributed by atoms with Crippen molar-refractivity contribution >= 4 is 26.9 Å². The molecule has 20 heavy (non-hydrogen) atoms. The Kier molecular flexibility index (Phi) is 3.04. The normalized spacial score (nSPS) is 22.5. The number of rotatable bonds is 2. The lowest BCUT2D eigenvalue weighted by Crippen LogP contribution is -2.42. The highest BCUT2D eigenvalue weighted by atomic mass is 28.3. The van der Waals surface area contributed by atoms with Crippen molar-refractivity contribution in [2.75, 3.05) is 0 Å². The second-order valence-corrected chi connectivity index (χ2v) is 19.2. The van der Waals surface area contributed by atoms with E-state index in [0.717, 1.165) is 11.1 Å². The van der Waals surface area contributed by atoms with Crippen molar-refractivity contribution in [2.45, 2.75) is 50.4 Å². The van der Waals surface area contributed by atoms with Crippen LogP contribution in [0.3, 0.4) is 0 Å². The molecule has 0 aromatic heterocycles. The molecule has 0 saturated heterocycles. The predicted octanol–water partition coefficient (Wildman–Crippen LogP) is 5.78. The highest BCUT2D eigenvalue weighted by Gasteiger charge is 2.47. The Labute approximate surface area is 125 Å². The molecular formula is C18H26Si2. The van der Waals surface area contributed by atoms with E-state index in [4.69, 9.17) is 0 Å². The summed E-state index contributed by atoms with van der Waals surface area (Å²) in [5.74, 6) is 0. The van der Waals surface area contributed by atoms with Gasteiger partial charge in [-0.25, -0.2) is 0 Å². The Morgan fingerprint density at radius 3 is 1.40 bits per heavy atom. The maximum absolute atomic E-state index is 2.55. The molecule has 1 aliphatic rings. The molecule has 0 unspecified atom stereocenters. The number of hydrogen-bond acceptors (Lipinski definition) is 0. The molecule has 2 heteroatoms. The smallest absolute Gasteiger partial charge is 0.0525 e. The van der Waals surface area contributed by atoms with Crippen LogP contribution in [0.4, 0.5) is 0 Å². The van der Waals surface area contributed by atoms with Crippen LogP contribution in [0.25, 0.3) is 10.8 Å². The summed E-state index contributed by atoms with van der Waals surface area (Å²) in [6.45, 7) is 15.3. The van der Waals surface area contributed by atoms with Gasteiger partial charge in [0.1, 0.15) is 0 Å². The summed E-state index contributed by atoms with van der Waals surface area (Å²) in [7, 11) is -2.47. The Balaban J connectivity index is 2.36. The molecule has 0 aliphatic heterocycles. The van der Waals surface area contributed by atoms with Gasteiger partial charge >= 0.3 is 0 Å². The van der Waals surface area contributed by atoms with Crippen LogP contribution in [-0.4, -0.2) is 16.1 Å². The van der Waals surface area contributed by atoms with Gasteiger partial charge in [-0.1, -0.05) is 75.7 Å². The summed E-state index contributed by atoms with van der Waals surface area (Å²) in [5, 5.41) is 3.04. The third kappa shape index (κ3) is 2.01. The first-order valence-corrected chi connectivity index (χ1v) is 14.9. The minimum atomic E-state index is -1.24. The van der Waals surface area contributed by atoms with E-state index in [-0.39, 0.29) is 0 Å². The van der Waals surface area contributed by atoms with E-state index in [9.17, 15) is 0 Å². The monoisotopic (exact) mass is 298 g/mol. The van der Waals surface area contributed by atoms with E-state index >= 15 is 0 Å². The summed E-state index contributed by atoms with van der Waals surface area (Å²) >= 11 is 0. The lowest BCUT2D eigenvalue weighted by Gasteiger charge is -2.38. The van der Waals surface area contributed by atoms with Gasteiger partial charge in [0.15, 0.2) is 0 Å². The average molecular weight is 299 g/mol. The Morgan fingerprint density at radius 1 is 0.650 bits per heavy atom. The fourth-order valence-electron chi connectivity index (χ4n) is 4.21. The molecule has 0 heterocycles. The van der Waals surface area contributed by atoms with Crippen LogP contribution in [0.1, 0.15) is 22.2 Å². The van der Waals surface area contributed by atoms with Crippen LogP contribution in [0.15, 0.2) is 36.4 Å². The van der Waals surface area contributed by atoms with Crippen molar-refractivity contribution in [2.24, 2.45) is 0 Å². The van der Waals surface area contributed by atoms with E-state index in [1.54, 1.807) is 16.5 Å². The van der Waals surface area contributed by atoms with Gasteiger partial charge in [0.05, 0.1) is 16.1 Å². The quantitative estimate of drug-likeness (QED) is 0.617. The minimum Gasteiger partial charge on any atom is -0.0691 e. The molecule has 0 nitrogen and oxygen atoms in total. The average Bonchev–Trinajstić information content (AvgIpc) is 2.66. The summed E-state index contributed by atoms with van der Waals surface area (Å²) in [6, 6.07) is 13.9. The zero-order valence-electron chi connectivity index (χ0n) is 13.6. The van der Waals surface area contributed by atoms with Crippen LogP contribution in [0.2, 0.25) is 39.3 Å². The molecule has 2 aromatic rings. The van der Waals surface area contributed by atoms with Crippen molar-refractivity contribution < 1.29 is 0 Å². The van der Waals surface area contributed by atoms with Gasteiger partial charge in [-0.3, -0.25) is 0 Å². The summed E-state index contributed by atoms with van der Waals surface area (Å²) in [5.41, 5.74) is 4.92. The first kappa shape index (κ1) is 14.1. The fraction of sp³-hybridized carbons (Fsp3) is 0.444. The van der Waals surface area contributed by atoms with Crippen LogP contribution >= 0.6 is 0 Å². The van der Waals surface area contributed by atoms with Crippen molar-refractivity contribution in [1.82, 2.24) is 0 Å². The Bertz CT molecular complexity index is 604.